The lowest BCUT2D eigenvalue weighted by atomic mass is 9.97. The zero-order valence-corrected chi connectivity index (χ0v) is 17.2. The Labute approximate surface area is 171 Å². The predicted octanol–water partition coefficient (Wildman–Crippen LogP) is 3.11. The van der Waals surface area contributed by atoms with Crippen molar-refractivity contribution in [2.45, 2.75) is 25.5 Å². The fraction of sp³-hybridized carbons (Fsp3) is 0.364. The van der Waals surface area contributed by atoms with Gasteiger partial charge in [-0.25, -0.2) is 4.98 Å². The number of nitrogens with zero attached hydrogens (tertiary/aromatic N) is 4. The number of hydrogen-bond acceptors (Lipinski definition) is 6. The number of benzene rings is 1. The number of fused-ring (bicyclic) bond motifs is 1. The molecule has 0 radical (unpaired) electrons. The molecule has 2 aliphatic heterocycles. The van der Waals surface area contributed by atoms with E-state index >= 15 is 0 Å². The van der Waals surface area contributed by atoms with Gasteiger partial charge in [0.1, 0.15) is 5.75 Å². The zero-order chi connectivity index (χ0) is 20.4. The van der Waals surface area contributed by atoms with Crippen molar-refractivity contribution < 1.29 is 9.57 Å². The smallest absolute Gasteiger partial charge is 0.242 e. The molecule has 0 spiro atoms. The van der Waals surface area contributed by atoms with Crippen molar-refractivity contribution in [3.63, 3.8) is 0 Å². The molecule has 1 aromatic heterocycles. The van der Waals surface area contributed by atoms with Gasteiger partial charge in [-0.15, -0.1) is 0 Å². The molecule has 3 heterocycles. The van der Waals surface area contributed by atoms with Crippen LogP contribution in [0.4, 0.5) is 0 Å². The van der Waals surface area contributed by atoms with Crippen LogP contribution in [-0.4, -0.2) is 53.3 Å². The Bertz CT molecular complexity index is 977. The molecule has 4 rings (SSSR count). The summed E-state index contributed by atoms with van der Waals surface area (Å²) in [7, 11) is 3.59. The normalized spacial score (nSPS) is 22.2. The van der Waals surface area contributed by atoms with Crippen LogP contribution >= 0.6 is 0 Å². The molecular formula is C22H27N5O2. The highest BCUT2D eigenvalue weighted by Gasteiger charge is 2.45. The average Bonchev–Trinajstić information content (AvgIpc) is 3.33. The number of oxime groups is 1. The van der Waals surface area contributed by atoms with E-state index in [1.54, 1.807) is 13.4 Å². The molecule has 1 atom stereocenters. The lowest BCUT2D eigenvalue weighted by Gasteiger charge is -2.37. The van der Waals surface area contributed by atoms with Gasteiger partial charge in [-0.05, 0) is 62.2 Å². The molecule has 1 fully saturated rings. The summed E-state index contributed by atoms with van der Waals surface area (Å²) >= 11 is 0. The number of aromatic nitrogens is 2. The van der Waals surface area contributed by atoms with E-state index in [4.69, 9.17) is 9.57 Å². The van der Waals surface area contributed by atoms with Gasteiger partial charge in [0.25, 0.3) is 0 Å². The molecule has 1 saturated heterocycles. The molecule has 2 aromatic rings. The van der Waals surface area contributed by atoms with Gasteiger partial charge in [0.2, 0.25) is 5.72 Å². The molecule has 152 valence electrons. The lowest BCUT2D eigenvalue weighted by molar-refractivity contribution is -0.0566. The van der Waals surface area contributed by atoms with E-state index in [-0.39, 0.29) is 0 Å². The fourth-order valence-corrected chi connectivity index (χ4v) is 3.96. The van der Waals surface area contributed by atoms with Gasteiger partial charge in [-0.1, -0.05) is 17.8 Å². The molecule has 7 nitrogen and oxygen atoms in total. The van der Waals surface area contributed by atoms with E-state index in [9.17, 15) is 0 Å². The molecule has 0 aliphatic carbocycles. The summed E-state index contributed by atoms with van der Waals surface area (Å²) in [5.74, 6) is 1.68. The van der Waals surface area contributed by atoms with Gasteiger partial charge in [-0.2, -0.15) is 0 Å². The maximum atomic E-state index is 5.83. The Hall–Kier alpha value is -3.06. The Balaban J connectivity index is 1.65. The molecule has 2 aliphatic rings. The summed E-state index contributed by atoms with van der Waals surface area (Å²) < 4.78 is 7.61. The first-order valence-electron chi connectivity index (χ1n) is 9.82. The molecule has 7 heteroatoms. The van der Waals surface area contributed by atoms with Gasteiger partial charge in [0, 0.05) is 12.7 Å². The van der Waals surface area contributed by atoms with Gasteiger partial charge in [0.15, 0.2) is 5.84 Å². The molecule has 0 bridgehead atoms. The average molecular weight is 393 g/mol. The van der Waals surface area contributed by atoms with E-state index in [0.29, 0.717) is 6.54 Å². The number of nitrogens with one attached hydrogen (secondary N) is 1. The Morgan fingerprint density at radius 3 is 2.97 bits per heavy atom. The quantitative estimate of drug-likeness (QED) is 0.764. The molecule has 1 unspecified atom stereocenters. The monoisotopic (exact) mass is 393 g/mol. The van der Waals surface area contributed by atoms with Crippen LogP contribution in [0.5, 0.6) is 5.75 Å². The van der Waals surface area contributed by atoms with Crippen LogP contribution in [0, 0.1) is 6.92 Å². The number of rotatable bonds is 6. The number of piperidine rings is 1. The Kier molecular flexibility index (Phi) is 5.15. The number of methoxy groups -OCH3 is 1. The maximum absolute atomic E-state index is 5.83. The zero-order valence-electron chi connectivity index (χ0n) is 17.2. The minimum Gasteiger partial charge on any atom is -0.495 e. The SMILES string of the molecule is C=CC1(CNC)ON=C2C(=Cc3ccc(-n4cnc(C)c4)c(OC)c3)CCCN21. The third-order valence-corrected chi connectivity index (χ3v) is 5.40. The van der Waals surface area contributed by atoms with Crippen LogP contribution < -0.4 is 10.1 Å². The van der Waals surface area contributed by atoms with E-state index in [2.05, 4.69) is 45.1 Å². The van der Waals surface area contributed by atoms with E-state index in [1.165, 1.54) is 0 Å². The summed E-state index contributed by atoms with van der Waals surface area (Å²) in [6.07, 6.45) is 9.77. The minimum atomic E-state index is -0.621. The summed E-state index contributed by atoms with van der Waals surface area (Å²) in [5.41, 5.74) is 3.52. The van der Waals surface area contributed by atoms with Crippen molar-refractivity contribution in [1.29, 1.82) is 0 Å². The van der Waals surface area contributed by atoms with E-state index in [1.807, 2.05) is 36.9 Å². The fourth-order valence-electron chi connectivity index (χ4n) is 3.96. The first-order valence-corrected chi connectivity index (χ1v) is 9.82. The highest BCUT2D eigenvalue weighted by Crippen LogP contribution is 2.35. The lowest BCUT2D eigenvalue weighted by Crippen LogP contribution is -2.54. The first-order chi connectivity index (χ1) is 14.1. The maximum Gasteiger partial charge on any atom is 0.242 e. The molecule has 29 heavy (non-hydrogen) atoms. The van der Waals surface area contributed by atoms with Crippen LogP contribution in [0.15, 0.2) is 54.1 Å². The van der Waals surface area contributed by atoms with Crippen molar-refractivity contribution in [2.24, 2.45) is 5.16 Å². The molecular weight excluding hydrogens is 366 g/mol. The van der Waals surface area contributed by atoms with Gasteiger partial charge < -0.3 is 24.4 Å². The van der Waals surface area contributed by atoms with Crippen LogP contribution in [0.25, 0.3) is 11.8 Å². The van der Waals surface area contributed by atoms with Gasteiger partial charge in [-0.3, -0.25) is 0 Å². The number of amidine groups is 1. The number of hydrogen-bond donors (Lipinski definition) is 1. The number of imidazole rings is 1. The molecule has 1 aromatic carbocycles. The van der Waals surface area contributed by atoms with Crippen LogP contribution in [0.2, 0.25) is 0 Å². The Morgan fingerprint density at radius 1 is 1.41 bits per heavy atom. The number of ether oxygens (including phenoxy) is 1. The second-order valence-corrected chi connectivity index (χ2v) is 7.36. The molecule has 1 N–H and O–H groups in total. The van der Waals surface area contributed by atoms with Crippen molar-refractivity contribution in [2.75, 3.05) is 27.2 Å². The van der Waals surface area contributed by atoms with Crippen molar-refractivity contribution in [1.82, 2.24) is 19.8 Å². The third-order valence-electron chi connectivity index (χ3n) is 5.40. The van der Waals surface area contributed by atoms with Crippen molar-refractivity contribution >= 4 is 11.9 Å². The third kappa shape index (κ3) is 3.42. The minimum absolute atomic E-state index is 0.621. The Morgan fingerprint density at radius 2 is 2.28 bits per heavy atom. The standard InChI is InChI=1S/C22H27N5O2/c1-5-22(14-23-3)27-10-6-7-18(21(27)25-29-22)11-17-8-9-19(20(12-17)28-4)26-13-16(2)24-15-26/h5,8-9,11-13,15,23H,1,6-7,10,14H2,2-4H3. The largest absolute Gasteiger partial charge is 0.495 e. The van der Waals surface area contributed by atoms with Crippen LogP contribution in [-0.2, 0) is 4.84 Å². The summed E-state index contributed by atoms with van der Waals surface area (Å²) in [6.45, 7) is 7.47. The topological polar surface area (TPSA) is 63.9 Å². The van der Waals surface area contributed by atoms with Crippen molar-refractivity contribution in [3.05, 3.63) is 60.2 Å². The summed E-state index contributed by atoms with van der Waals surface area (Å²) in [5, 5.41) is 7.59. The highest BCUT2D eigenvalue weighted by molar-refractivity contribution is 6.03. The second-order valence-electron chi connectivity index (χ2n) is 7.36. The predicted molar refractivity (Wildman–Crippen MR) is 114 cm³/mol. The van der Waals surface area contributed by atoms with Crippen molar-refractivity contribution in [3.8, 4) is 11.4 Å². The van der Waals surface area contributed by atoms with Crippen LogP contribution in [0.1, 0.15) is 24.1 Å². The first kappa shape index (κ1) is 19.3. The number of aryl methyl sites for hydroxylation is 1. The van der Waals surface area contributed by atoms with E-state index < -0.39 is 5.72 Å². The summed E-state index contributed by atoms with van der Waals surface area (Å²) in [6, 6.07) is 6.18. The van der Waals surface area contributed by atoms with Gasteiger partial charge >= 0.3 is 0 Å². The van der Waals surface area contributed by atoms with E-state index in [0.717, 1.165) is 53.5 Å². The summed E-state index contributed by atoms with van der Waals surface area (Å²) in [4.78, 5) is 12.3. The van der Waals surface area contributed by atoms with Gasteiger partial charge in [0.05, 0.1) is 31.4 Å². The highest BCUT2D eigenvalue weighted by atomic mass is 16.7. The number of likely N-dealkylation sites (N-methyl/N-ethyl adjacent to an activating group) is 1. The van der Waals surface area contributed by atoms with Crippen LogP contribution in [0.3, 0.4) is 0 Å². The molecule has 0 saturated carbocycles. The molecule has 0 amide bonds. The second kappa shape index (κ2) is 7.75.